The van der Waals surface area contributed by atoms with E-state index in [1.807, 2.05) is 12.1 Å². The van der Waals surface area contributed by atoms with Gasteiger partial charge in [0.05, 0.1) is 11.2 Å². The van der Waals surface area contributed by atoms with Crippen molar-refractivity contribution in [3.63, 3.8) is 0 Å². The number of rotatable bonds is 2. The molecule has 0 radical (unpaired) electrons. The van der Waals surface area contributed by atoms with Crippen LogP contribution in [0.2, 0.25) is 0 Å². The molecule has 0 amide bonds. The summed E-state index contributed by atoms with van der Waals surface area (Å²) < 4.78 is 15.5. The van der Waals surface area contributed by atoms with Crippen molar-refractivity contribution in [2.24, 2.45) is 17.3 Å². The Balaban J connectivity index is 1.45. The molecule has 0 spiro atoms. The normalized spacial score (nSPS) is 34.5. The second-order valence-electron chi connectivity index (χ2n) is 9.79. The van der Waals surface area contributed by atoms with Crippen molar-refractivity contribution >= 4 is 0 Å². The molecule has 3 aliphatic carbocycles. The van der Waals surface area contributed by atoms with Gasteiger partial charge in [0.25, 0.3) is 0 Å². The molecule has 30 heavy (non-hydrogen) atoms. The third-order valence-corrected chi connectivity index (χ3v) is 8.65. The van der Waals surface area contributed by atoms with Crippen molar-refractivity contribution in [1.29, 1.82) is 5.26 Å². The van der Waals surface area contributed by atoms with Crippen LogP contribution >= 0.6 is 0 Å². The molecule has 1 aromatic heterocycles. The summed E-state index contributed by atoms with van der Waals surface area (Å²) in [4.78, 5) is 0. The zero-order chi connectivity index (χ0) is 21.1. The van der Waals surface area contributed by atoms with E-state index in [2.05, 4.69) is 6.92 Å². The standard InChI is InChI=1S/C25H27FN2O2/c1-24-10-6-19-18-3-2-17(15-27)23(26)21(18)5-4-20(19)22(24)7-11-25(24,29)14-16-8-12-28(30)13-9-16/h2-3,8-9,12-13,19-20,22,29H,4-7,10-11,14H2,1H3/t19?,20?,22?,24-,25+/m0/s1. The van der Waals surface area contributed by atoms with Crippen molar-refractivity contribution in [3.8, 4) is 6.07 Å². The highest BCUT2D eigenvalue weighted by molar-refractivity contribution is 5.44. The molecule has 5 rings (SSSR count). The van der Waals surface area contributed by atoms with Crippen molar-refractivity contribution in [2.75, 3.05) is 0 Å². The Labute approximate surface area is 176 Å². The van der Waals surface area contributed by atoms with E-state index in [1.54, 1.807) is 18.2 Å². The van der Waals surface area contributed by atoms with Gasteiger partial charge >= 0.3 is 0 Å². The number of hydrogen-bond acceptors (Lipinski definition) is 3. The predicted octanol–water partition coefficient (Wildman–Crippen LogP) is 4.16. The van der Waals surface area contributed by atoms with E-state index < -0.39 is 5.60 Å². The molecule has 5 heteroatoms. The molecule has 2 saturated carbocycles. The van der Waals surface area contributed by atoms with Gasteiger partial charge in [-0.25, -0.2) is 4.39 Å². The van der Waals surface area contributed by atoms with Gasteiger partial charge in [0.1, 0.15) is 11.9 Å². The van der Waals surface area contributed by atoms with Crippen molar-refractivity contribution in [1.82, 2.24) is 0 Å². The number of nitrogens with zero attached hydrogens (tertiary/aromatic N) is 2. The Kier molecular flexibility index (Phi) is 4.41. The van der Waals surface area contributed by atoms with Crippen LogP contribution in [0.15, 0.2) is 36.7 Å². The van der Waals surface area contributed by atoms with E-state index in [0.717, 1.165) is 53.5 Å². The van der Waals surface area contributed by atoms with Crippen LogP contribution in [-0.4, -0.2) is 10.7 Å². The zero-order valence-electron chi connectivity index (χ0n) is 17.3. The molecule has 0 bridgehead atoms. The summed E-state index contributed by atoms with van der Waals surface area (Å²) in [5, 5.41) is 32.3. The molecule has 3 aliphatic rings. The number of hydrogen-bond donors (Lipinski definition) is 1. The minimum Gasteiger partial charge on any atom is -0.619 e. The highest BCUT2D eigenvalue weighted by Crippen LogP contribution is 2.64. The van der Waals surface area contributed by atoms with Crippen LogP contribution in [0, 0.1) is 39.6 Å². The van der Waals surface area contributed by atoms with E-state index >= 15 is 0 Å². The average molecular weight is 407 g/mol. The molecule has 1 aromatic carbocycles. The van der Waals surface area contributed by atoms with Gasteiger partial charge in [-0.05, 0) is 84.5 Å². The van der Waals surface area contributed by atoms with Crippen molar-refractivity contribution < 1.29 is 14.2 Å². The van der Waals surface area contributed by atoms with Crippen LogP contribution in [0.4, 0.5) is 4.39 Å². The summed E-state index contributed by atoms with van der Waals surface area (Å²) >= 11 is 0. The molecule has 0 aliphatic heterocycles. The van der Waals surface area contributed by atoms with Crippen LogP contribution in [-0.2, 0) is 12.8 Å². The summed E-state index contributed by atoms with van der Waals surface area (Å²) in [5.74, 6) is 0.829. The van der Waals surface area contributed by atoms with Gasteiger partial charge in [-0.15, -0.1) is 0 Å². The summed E-state index contributed by atoms with van der Waals surface area (Å²) in [7, 11) is 0. The zero-order valence-corrected chi connectivity index (χ0v) is 17.3. The van der Waals surface area contributed by atoms with Gasteiger partial charge in [-0.2, -0.15) is 9.99 Å². The quantitative estimate of drug-likeness (QED) is 0.601. The monoisotopic (exact) mass is 406 g/mol. The number of aliphatic hydroxyl groups is 1. The fourth-order valence-corrected chi connectivity index (χ4v) is 7.01. The number of nitriles is 1. The molecule has 1 N–H and O–H groups in total. The lowest BCUT2D eigenvalue weighted by Crippen LogP contribution is -2.52. The molecular weight excluding hydrogens is 379 g/mol. The number of aromatic nitrogens is 1. The lowest BCUT2D eigenvalue weighted by Gasteiger charge is -2.53. The minimum absolute atomic E-state index is 0.144. The van der Waals surface area contributed by atoms with Gasteiger partial charge in [0.2, 0.25) is 0 Å². The van der Waals surface area contributed by atoms with Gasteiger partial charge in [0, 0.05) is 18.6 Å². The average Bonchev–Trinajstić information content (AvgIpc) is 3.00. The molecule has 2 fully saturated rings. The molecule has 3 unspecified atom stereocenters. The molecule has 5 atom stereocenters. The first-order valence-corrected chi connectivity index (χ1v) is 11.0. The lowest BCUT2D eigenvalue weighted by atomic mass is 9.52. The number of benzene rings is 1. The Morgan fingerprint density at radius 1 is 1.20 bits per heavy atom. The van der Waals surface area contributed by atoms with E-state index in [0.29, 0.717) is 30.6 Å². The summed E-state index contributed by atoms with van der Waals surface area (Å²) in [5.41, 5.74) is 2.00. The highest BCUT2D eigenvalue weighted by Gasteiger charge is 2.61. The van der Waals surface area contributed by atoms with E-state index in [-0.39, 0.29) is 16.8 Å². The Morgan fingerprint density at radius 2 is 1.97 bits per heavy atom. The molecular formula is C25H27FN2O2. The number of fused-ring (bicyclic) bond motifs is 5. The molecule has 4 nitrogen and oxygen atoms in total. The third-order valence-electron chi connectivity index (χ3n) is 8.65. The molecule has 0 saturated heterocycles. The Bertz CT molecular complexity index is 1030. The maximum Gasteiger partial charge on any atom is 0.180 e. The van der Waals surface area contributed by atoms with Crippen molar-refractivity contribution in [3.05, 3.63) is 69.9 Å². The fraction of sp³-hybridized carbons (Fsp3) is 0.520. The molecule has 156 valence electrons. The topological polar surface area (TPSA) is 71.0 Å². The Hall–Kier alpha value is -2.45. The summed E-state index contributed by atoms with van der Waals surface area (Å²) in [6.07, 6.45) is 8.73. The summed E-state index contributed by atoms with van der Waals surface area (Å²) in [6, 6.07) is 9.18. The molecule has 2 aromatic rings. The second-order valence-corrected chi connectivity index (χ2v) is 9.79. The maximum absolute atomic E-state index is 14.8. The fourth-order valence-electron chi connectivity index (χ4n) is 7.01. The minimum atomic E-state index is -0.784. The first kappa shape index (κ1) is 19.5. The van der Waals surface area contributed by atoms with Gasteiger partial charge in [-0.3, -0.25) is 0 Å². The van der Waals surface area contributed by atoms with E-state index in [4.69, 9.17) is 5.26 Å². The largest absolute Gasteiger partial charge is 0.619 e. The van der Waals surface area contributed by atoms with Crippen LogP contribution in [0.5, 0.6) is 0 Å². The highest BCUT2D eigenvalue weighted by atomic mass is 19.1. The first-order valence-electron chi connectivity index (χ1n) is 11.0. The van der Waals surface area contributed by atoms with Gasteiger partial charge in [-0.1, -0.05) is 13.0 Å². The first-order chi connectivity index (χ1) is 14.4. The van der Waals surface area contributed by atoms with Crippen LogP contribution in [0.1, 0.15) is 67.2 Å². The van der Waals surface area contributed by atoms with Crippen LogP contribution < -0.4 is 4.73 Å². The van der Waals surface area contributed by atoms with Crippen molar-refractivity contribution in [2.45, 2.75) is 63.4 Å². The smallest absolute Gasteiger partial charge is 0.180 e. The second kappa shape index (κ2) is 6.78. The maximum atomic E-state index is 14.8. The van der Waals surface area contributed by atoms with E-state index in [9.17, 15) is 14.7 Å². The van der Waals surface area contributed by atoms with Gasteiger partial charge < -0.3 is 10.3 Å². The summed E-state index contributed by atoms with van der Waals surface area (Å²) in [6.45, 7) is 2.24. The predicted molar refractivity (Wildman–Crippen MR) is 110 cm³/mol. The van der Waals surface area contributed by atoms with E-state index in [1.165, 1.54) is 12.4 Å². The SMILES string of the molecule is C[C@]12CCC3c4ccc(C#N)c(F)c4CCC3C1CC[C@@]2(O)Cc1cc[n+]([O-])cc1. The van der Waals surface area contributed by atoms with Gasteiger partial charge in [0.15, 0.2) is 12.4 Å². The number of pyridine rings is 1. The van der Waals surface area contributed by atoms with Crippen LogP contribution in [0.3, 0.4) is 0 Å². The van der Waals surface area contributed by atoms with Crippen LogP contribution in [0.25, 0.3) is 0 Å². The lowest BCUT2D eigenvalue weighted by molar-refractivity contribution is -0.605. The Morgan fingerprint density at radius 3 is 2.70 bits per heavy atom. The third kappa shape index (κ3) is 2.70. The molecule has 1 heterocycles. The number of halogens is 1.